The molecular formula is C32H41ClFN5. The van der Waals surface area contributed by atoms with Gasteiger partial charge < -0.3 is 15.5 Å². The quantitative estimate of drug-likeness (QED) is 0.118. The molecule has 0 saturated carbocycles. The molecule has 1 aromatic heterocycles. The second-order valence-corrected chi connectivity index (χ2v) is 10.8. The van der Waals surface area contributed by atoms with Gasteiger partial charge in [0.25, 0.3) is 0 Å². The zero-order valence-corrected chi connectivity index (χ0v) is 24.2. The number of fused-ring (bicyclic) bond motifs is 1. The molecule has 0 amide bonds. The van der Waals surface area contributed by atoms with Crippen LogP contribution in [0.2, 0.25) is 5.02 Å². The van der Waals surface area contributed by atoms with Crippen molar-refractivity contribution in [1.29, 1.82) is 0 Å². The number of allylic oxidation sites excluding steroid dienone is 3. The van der Waals surface area contributed by atoms with Crippen molar-refractivity contribution in [2.45, 2.75) is 58.4 Å². The summed E-state index contributed by atoms with van der Waals surface area (Å²) in [5.74, 6) is 0.948. The van der Waals surface area contributed by atoms with Crippen LogP contribution < -0.4 is 10.6 Å². The Hall–Kier alpha value is -2.80. The van der Waals surface area contributed by atoms with Crippen LogP contribution in [0.4, 0.5) is 10.2 Å². The standard InChI is InChI=1S/C32H41ClFN5/c1-4-39(3)20-11-9-18-28-37-31-26(32(38-28)35-19-10-8-17-25-22-36-25)21-27(33)29(30(31)34)23(2)13-12-16-24-14-6-5-7-15-24/h5-7,12-16,21,25,36H,4,8-11,17-20,22H2,1-3H3,(H,35,37,38)/b16-12-,23-13+. The Morgan fingerprint density at radius 1 is 1.18 bits per heavy atom. The second-order valence-electron chi connectivity index (χ2n) is 10.4. The number of aryl methyl sites for hydroxylation is 1. The molecule has 1 aliphatic rings. The Bertz CT molecular complexity index is 1290. The lowest BCUT2D eigenvalue weighted by Crippen LogP contribution is -2.18. The number of anilines is 1. The highest BCUT2D eigenvalue weighted by Gasteiger charge is 2.20. The third-order valence-corrected chi connectivity index (χ3v) is 7.55. The van der Waals surface area contributed by atoms with E-state index < -0.39 is 5.82 Å². The van der Waals surface area contributed by atoms with Gasteiger partial charge in [0.1, 0.15) is 17.2 Å². The van der Waals surface area contributed by atoms with E-state index in [0.717, 1.165) is 63.0 Å². The van der Waals surface area contributed by atoms with E-state index in [1.165, 1.54) is 6.42 Å². The molecule has 0 bridgehead atoms. The first kappa shape index (κ1) is 29.2. The fourth-order valence-corrected chi connectivity index (χ4v) is 4.97. The average molecular weight is 550 g/mol. The highest BCUT2D eigenvalue weighted by Crippen LogP contribution is 2.35. The summed E-state index contributed by atoms with van der Waals surface area (Å²) in [4.78, 5) is 11.8. The lowest BCUT2D eigenvalue weighted by Gasteiger charge is -2.15. The van der Waals surface area contributed by atoms with Gasteiger partial charge in [0, 0.05) is 36.5 Å². The van der Waals surface area contributed by atoms with Gasteiger partial charge in [-0.05, 0) is 69.9 Å². The van der Waals surface area contributed by atoms with Gasteiger partial charge in [0.05, 0.1) is 5.02 Å². The molecule has 208 valence electrons. The maximum atomic E-state index is 16.1. The number of halogens is 2. The molecule has 1 atom stereocenters. The summed E-state index contributed by atoms with van der Waals surface area (Å²) in [6, 6.07) is 12.5. The van der Waals surface area contributed by atoms with Crippen LogP contribution >= 0.6 is 11.6 Å². The molecule has 1 saturated heterocycles. The van der Waals surface area contributed by atoms with Crippen LogP contribution in [0.25, 0.3) is 22.6 Å². The predicted octanol–water partition coefficient (Wildman–Crippen LogP) is 7.37. The van der Waals surface area contributed by atoms with E-state index in [2.05, 4.69) is 29.5 Å². The van der Waals surface area contributed by atoms with E-state index in [4.69, 9.17) is 21.6 Å². The number of rotatable bonds is 15. The number of nitrogens with zero attached hydrogens (tertiary/aromatic N) is 3. The van der Waals surface area contributed by atoms with E-state index in [9.17, 15) is 0 Å². The monoisotopic (exact) mass is 549 g/mol. The lowest BCUT2D eigenvalue weighted by atomic mass is 10.0. The number of aromatic nitrogens is 2. The first-order valence-electron chi connectivity index (χ1n) is 14.2. The Balaban J connectivity index is 1.58. The Morgan fingerprint density at radius 2 is 1.97 bits per heavy atom. The maximum absolute atomic E-state index is 16.1. The largest absolute Gasteiger partial charge is 0.369 e. The number of hydrogen-bond donors (Lipinski definition) is 2. The SMILES string of the molecule is CCN(C)CCCCc1nc(NCCCCC2CN2)c2cc(Cl)c(/C(C)=C/C=C\c3ccccc3)c(F)c2n1. The zero-order chi connectivity index (χ0) is 27.6. The van der Waals surface area contributed by atoms with Crippen molar-refractivity contribution in [1.82, 2.24) is 20.2 Å². The van der Waals surface area contributed by atoms with Gasteiger partial charge in [-0.2, -0.15) is 0 Å². The van der Waals surface area contributed by atoms with E-state index in [1.54, 1.807) is 0 Å². The highest BCUT2D eigenvalue weighted by atomic mass is 35.5. The molecule has 4 rings (SSSR count). The lowest BCUT2D eigenvalue weighted by molar-refractivity contribution is 0.343. The molecule has 2 heterocycles. The van der Waals surface area contributed by atoms with Crippen molar-refractivity contribution >= 4 is 40.0 Å². The molecule has 1 aliphatic heterocycles. The minimum atomic E-state index is -0.392. The van der Waals surface area contributed by atoms with Crippen molar-refractivity contribution < 1.29 is 4.39 Å². The summed E-state index contributed by atoms with van der Waals surface area (Å²) < 4.78 is 16.1. The van der Waals surface area contributed by atoms with Crippen LogP contribution in [0, 0.1) is 5.82 Å². The first-order valence-corrected chi connectivity index (χ1v) is 14.6. The van der Waals surface area contributed by atoms with E-state index in [-0.39, 0.29) is 0 Å². The second kappa shape index (κ2) is 14.5. The van der Waals surface area contributed by atoms with Crippen molar-refractivity contribution in [3.05, 3.63) is 76.3 Å². The zero-order valence-electron chi connectivity index (χ0n) is 23.4. The van der Waals surface area contributed by atoms with E-state index in [0.29, 0.717) is 45.6 Å². The molecule has 1 unspecified atom stereocenters. The summed E-state index contributed by atoms with van der Waals surface area (Å²) in [7, 11) is 2.12. The molecule has 1 fully saturated rings. The Labute approximate surface area is 237 Å². The fourth-order valence-electron chi connectivity index (χ4n) is 4.63. The number of hydrogen-bond acceptors (Lipinski definition) is 5. The van der Waals surface area contributed by atoms with E-state index in [1.807, 2.05) is 61.5 Å². The molecule has 2 N–H and O–H groups in total. The van der Waals surface area contributed by atoms with Crippen LogP contribution in [0.1, 0.15) is 62.9 Å². The van der Waals surface area contributed by atoms with E-state index >= 15 is 4.39 Å². The third-order valence-electron chi connectivity index (χ3n) is 7.25. The summed E-state index contributed by atoms with van der Waals surface area (Å²) in [5, 5.41) is 7.81. The predicted molar refractivity (Wildman–Crippen MR) is 164 cm³/mol. The fraction of sp³-hybridized carbons (Fsp3) is 0.438. The van der Waals surface area contributed by atoms with Gasteiger partial charge in [0.2, 0.25) is 0 Å². The first-order chi connectivity index (χ1) is 19.0. The maximum Gasteiger partial charge on any atom is 0.158 e. The van der Waals surface area contributed by atoms with Crippen molar-refractivity contribution in [2.75, 3.05) is 38.5 Å². The minimum Gasteiger partial charge on any atom is -0.369 e. The number of nitrogens with one attached hydrogen (secondary N) is 2. The molecule has 3 aromatic rings. The Kier molecular flexibility index (Phi) is 10.9. The van der Waals surface area contributed by atoms with Crippen LogP contribution in [-0.2, 0) is 6.42 Å². The van der Waals surface area contributed by atoms with Crippen molar-refractivity contribution in [2.24, 2.45) is 0 Å². The minimum absolute atomic E-state index is 0.328. The smallest absolute Gasteiger partial charge is 0.158 e. The van der Waals surface area contributed by atoms with Crippen LogP contribution in [-0.4, -0.2) is 54.1 Å². The summed E-state index contributed by atoms with van der Waals surface area (Å²) in [5.41, 5.74) is 2.55. The summed E-state index contributed by atoms with van der Waals surface area (Å²) in [6.07, 6.45) is 11.9. The molecule has 2 aromatic carbocycles. The molecule has 7 heteroatoms. The summed E-state index contributed by atoms with van der Waals surface area (Å²) in [6.45, 7) is 8.01. The topological polar surface area (TPSA) is 63.0 Å². The van der Waals surface area contributed by atoms with Gasteiger partial charge in [-0.15, -0.1) is 0 Å². The van der Waals surface area contributed by atoms with Gasteiger partial charge >= 0.3 is 0 Å². The van der Waals surface area contributed by atoms with Gasteiger partial charge in [0.15, 0.2) is 5.82 Å². The Morgan fingerprint density at radius 3 is 2.72 bits per heavy atom. The molecule has 5 nitrogen and oxygen atoms in total. The molecule has 39 heavy (non-hydrogen) atoms. The molecular weight excluding hydrogens is 509 g/mol. The number of unbranched alkanes of at least 4 members (excludes halogenated alkanes) is 2. The van der Waals surface area contributed by atoms with Gasteiger partial charge in [-0.3, -0.25) is 0 Å². The normalized spacial score (nSPS) is 15.5. The van der Waals surface area contributed by atoms with Crippen LogP contribution in [0.15, 0.2) is 48.6 Å². The van der Waals surface area contributed by atoms with Crippen molar-refractivity contribution in [3.8, 4) is 0 Å². The molecule has 0 aliphatic carbocycles. The van der Waals surface area contributed by atoms with Crippen LogP contribution in [0.5, 0.6) is 0 Å². The van der Waals surface area contributed by atoms with Crippen molar-refractivity contribution in [3.63, 3.8) is 0 Å². The van der Waals surface area contributed by atoms with Crippen LogP contribution in [0.3, 0.4) is 0 Å². The molecule has 0 radical (unpaired) electrons. The summed E-state index contributed by atoms with van der Waals surface area (Å²) >= 11 is 6.68. The average Bonchev–Trinajstić information content (AvgIpc) is 3.76. The molecule has 0 spiro atoms. The number of benzene rings is 2. The highest BCUT2D eigenvalue weighted by molar-refractivity contribution is 6.33. The third kappa shape index (κ3) is 8.59. The van der Waals surface area contributed by atoms with Gasteiger partial charge in [-0.25, -0.2) is 14.4 Å². The van der Waals surface area contributed by atoms with Gasteiger partial charge in [-0.1, -0.05) is 73.5 Å².